The van der Waals surface area contributed by atoms with E-state index in [0.717, 1.165) is 24.5 Å². The predicted octanol–water partition coefficient (Wildman–Crippen LogP) is 2.42. The van der Waals surface area contributed by atoms with Gasteiger partial charge in [0.05, 0.1) is 6.10 Å². The fourth-order valence-electron chi connectivity index (χ4n) is 2.84. The Morgan fingerprint density at radius 3 is 2.75 bits per heavy atom. The van der Waals surface area contributed by atoms with Gasteiger partial charge in [0, 0.05) is 32.4 Å². The normalized spacial score (nSPS) is 16.3. The minimum atomic E-state index is -0.346. The molecular formula is C18H30N4O2. The molecule has 1 saturated heterocycles. The molecule has 1 unspecified atom stereocenters. The molecule has 0 radical (unpaired) electrons. The van der Waals surface area contributed by atoms with Crippen molar-refractivity contribution in [2.45, 2.75) is 58.1 Å². The summed E-state index contributed by atoms with van der Waals surface area (Å²) < 4.78 is 0. The quantitative estimate of drug-likeness (QED) is 0.716. The average molecular weight is 334 g/mol. The molecule has 2 heterocycles. The molecule has 0 saturated carbocycles. The van der Waals surface area contributed by atoms with Gasteiger partial charge in [0.2, 0.25) is 0 Å². The molecule has 2 amide bonds. The van der Waals surface area contributed by atoms with Crippen LogP contribution in [0.3, 0.4) is 0 Å². The van der Waals surface area contributed by atoms with Crippen molar-refractivity contribution in [1.82, 2.24) is 15.6 Å². The molecule has 1 aliphatic rings. The number of nitrogens with one attached hydrogen (secondary N) is 2. The Morgan fingerprint density at radius 1 is 1.29 bits per heavy atom. The standard InChI is InChI=1S/C18H30N4O2/c1-2-16(23)8-10-20-18(24)21-14-15-7-9-19-17(13-15)22-11-5-3-4-6-12-22/h7,9,13,16,23H,2-6,8,10-12,14H2,1H3,(H2,20,21,24). The van der Waals surface area contributed by atoms with Gasteiger partial charge in [0.25, 0.3) is 0 Å². The molecule has 6 heteroatoms. The maximum absolute atomic E-state index is 11.8. The van der Waals surface area contributed by atoms with Gasteiger partial charge in [-0.15, -0.1) is 0 Å². The summed E-state index contributed by atoms with van der Waals surface area (Å²) in [6.07, 6.45) is 7.79. The molecule has 1 aromatic rings. The van der Waals surface area contributed by atoms with E-state index in [1.54, 1.807) is 0 Å². The number of amides is 2. The Bertz CT molecular complexity index is 502. The van der Waals surface area contributed by atoms with Gasteiger partial charge in [-0.25, -0.2) is 9.78 Å². The molecule has 6 nitrogen and oxygen atoms in total. The van der Waals surface area contributed by atoms with Crippen LogP contribution in [0, 0.1) is 0 Å². The Kier molecular flexibility index (Phi) is 7.82. The highest BCUT2D eigenvalue weighted by atomic mass is 16.3. The molecule has 134 valence electrons. The molecule has 0 aromatic carbocycles. The summed E-state index contributed by atoms with van der Waals surface area (Å²) in [4.78, 5) is 18.6. The second-order valence-corrected chi connectivity index (χ2v) is 6.38. The molecule has 24 heavy (non-hydrogen) atoms. The van der Waals surface area contributed by atoms with Crippen molar-refractivity contribution in [3.8, 4) is 0 Å². The third-order valence-corrected chi connectivity index (χ3v) is 4.43. The van der Waals surface area contributed by atoms with Crippen LogP contribution in [0.4, 0.5) is 10.6 Å². The monoisotopic (exact) mass is 334 g/mol. The largest absolute Gasteiger partial charge is 0.393 e. The van der Waals surface area contributed by atoms with Crippen LogP contribution < -0.4 is 15.5 Å². The summed E-state index contributed by atoms with van der Waals surface area (Å²) in [5.41, 5.74) is 1.05. The lowest BCUT2D eigenvalue weighted by atomic mass is 10.2. The number of hydrogen-bond acceptors (Lipinski definition) is 4. The molecule has 2 rings (SSSR count). The highest BCUT2D eigenvalue weighted by Crippen LogP contribution is 2.18. The second-order valence-electron chi connectivity index (χ2n) is 6.38. The van der Waals surface area contributed by atoms with E-state index in [0.29, 0.717) is 25.9 Å². The second kappa shape index (κ2) is 10.1. The Morgan fingerprint density at radius 2 is 2.04 bits per heavy atom. The third kappa shape index (κ3) is 6.35. The highest BCUT2D eigenvalue weighted by Gasteiger charge is 2.11. The van der Waals surface area contributed by atoms with Crippen molar-refractivity contribution in [1.29, 1.82) is 0 Å². The van der Waals surface area contributed by atoms with Crippen LogP contribution in [0.1, 0.15) is 51.0 Å². The smallest absolute Gasteiger partial charge is 0.315 e. The van der Waals surface area contributed by atoms with E-state index < -0.39 is 0 Å². The van der Waals surface area contributed by atoms with Gasteiger partial charge < -0.3 is 20.6 Å². The molecule has 1 atom stereocenters. The molecule has 1 aromatic heterocycles. The minimum Gasteiger partial charge on any atom is -0.393 e. The number of rotatable bonds is 7. The number of urea groups is 1. The summed E-state index contributed by atoms with van der Waals surface area (Å²) in [7, 11) is 0. The van der Waals surface area contributed by atoms with Gasteiger partial charge in [0.15, 0.2) is 0 Å². The maximum Gasteiger partial charge on any atom is 0.315 e. The Hall–Kier alpha value is -1.82. The lowest BCUT2D eigenvalue weighted by Crippen LogP contribution is -2.36. The first-order valence-corrected chi connectivity index (χ1v) is 9.08. The number of carbonyl (C=O) groups excluding carboxylic acids is 1. The molecule has 1 aliphatic heterocycles. The summed E-state index contributed by atoms with van der Waals surface area (Å²) in [6, 6.07) is 3.79. The average Bonchev–Trinajstić information content (AvgIpc) is 2.89. The van der Waals surface area contributed by atoms with E-state index in [4.69, 9.17) is 0 Å². The number of aromatic nitrogens is 1. The molecule has 0 aliphatic carbocycles. The van der Waals surface area contributed by atoms with E-state index >= 15 is 0 Å². The van der Waals surface area contributed by atoms with Gasteiger partial charge in [-0.1, -0.05) is 19.8 Å². The number of anilines is 1. The SMILES string of the molecule is CCC(O)CCNC(=O)NCc1ccnc(N2CCCCCC2)c1. The number of hydrogen-bond donors (Lipinski definition) is 3. The summed E-state index contributed by atoms with van der Waals surface area (Å²) in [5, 5.41) is 15.1. The zero-order chi connectivity index (χ0) is 17.2. The van der Waals surface area contributed by atoms with Crippen molar-refractivity contribution in [3.63, 3.8) is 0 Å². The van der Waals surface area contributed by atoms with E-state index in [1.165, 1.54) is 25.7 Å². The molecule has 1 fully saturated rings. The van der Waals surface area contributed by atoms with Crippen molar-refractivity contribution in [2.24, 2.45) is 0 Å². The zero-order valence-corrected chi connectivity index (χ0v) is 14.6. The van der Waals surface area contributed by atoms with E-state index in [-0.39, 0.29) is 12.1 Å². The predicted molar refractivity (Wildman–Crippen MR) is 96.1 cm³/mol. The lowest BCUT2D eigenvalue weighted by molar-refractivity contribution is 0.160. The van der Waals surface area contributed by atoms with Gasteiger partial charge in [0.1, 0.15) is 5.82 Å². The van der Waals surface area contributed by atoms with Gasteiger partial charge >= 0.3 is 6.03 Å². The van der Waals surface area contributed by atoms with Gasteiger partial charge in [-0.2, -0.15) is 0 Å². The van der Waals surface area contributed by atoms with Crippen LogP contribution in [0.2, 0.25) is 0 Å². The molecular weight excluding hydrogens is 304 g/mol. The first-order valence-electron chi connectivity index (χ1n) is 9.08. The van der Waals surface area contributed by atoms with Crippen LogP contribution >= 0.6 is 0 Å². The molecule has 3 N–H and O–H groups in total. The van der Waals surface area contributed by atoms with Crippen LogP contribution in [-0.4, -0.2) is 41.9 Å². The Labute approximate surface area is 144 Å². The maximum atomic E-state index is 11.8. The molecule has 0 spiro atoms. The number of pyridine rings is 1. The van der Waals surface area contributed by atoms with Crippen molar-refractivity contribution in [3.05, 3.63) is 23.9 Å². The van der Waals surface area contributed by atoms with Gasteiger partial charge in [-0.05, 0) is 43.4 Å². The topological polar surface area (TPSA) is 77.5 Å². The fourth-order valence-corrected chi connectivity index (χ4v) is 2.84. The number of nitrogens with zero attached hydrogens (tertiary/aromatic N) is 2. The number of carbonyl (C=O) groups is 1. The van der Waals surface area contributed by atoms with Crippen molar-refractivity contribution in [2.75, 3.05) is 24.5 Å². The van der Waals surface area contributed by atoms with Crippen molar-refractivity contribution >= 4 is 11.8 Å². The van der Waals surface area contributed by atoms with E-state index in [1.807, 2.05) is 19.2 Å². The summed E-state index contributed by atoms with van der Waals surface area (Å²) in [6.45, 7) is 5.01. The summed E-state index contributed by atoms with van der Waals surface area (Å²) >= 11 is 0. The van der Waals surface area contributed by atoms with Crippen molar-refractivity contribution < 1.29 is 9.90 Å². The fraction of sp³-hybridized carbons (Fsp3) is 0.667. The third-order valence-electron chi connectivity index (χ3n) is 4.43. The summed E-state index contributed by atoms with van der Waals surface area (Å²) in [5.74, 6) is 1.00. The number of aliphatic hydroxyl groups excluding tert-OH is 1. The van der Waals surface area contributed by atoms with Crippen LogP contribution in [0.25, 0.3) is 0 Å². The van der Waals surface area contributed by atoms with E-state index in [2.05, 4.69) is 26.6 Å². The minimum absolute atomic E-state index is 0.202. The van der Waals surface area contributed by atoms with Gasteiger partial charge in [-0.3, -0.25) is 0 Å². The van der Waals surface area contributed by atoms with Crippen LogP contribution in [-0.2, 0) is 6.54 Å². The van der Waals surface area contributed by atoms with Crippen LogP contribution in [0.5, 0.6) is 0 Å². The highest BCUT2D eigenvalue weighted by molar-refractivity contribution is 5.73. The van der Waals surface area contributed by atoms with E-state index in [9.17, 15) is 9.90 Å². The lowest BCUT2D eigenvalue weighted by Gasteiger charge is -2.21. The van der Waals surface area contributed by atoms with Crippen LogP contribution in [0.15, 0.2) is 18.3 Å². The molecule has 0 bridgehead atoms. The Balaban J connectivity index is 1.78. The first-order chi connectivity index (χ1) is 11.7. The zero-order valence-electron chi connectivity index (χ0n) is 14.6. The first kappa shape index (κ1) is 18.5. The number of aliphatic hydroxyl groups is 1.